The van der Waals surface area contributed by atoms with Crippen LogP contribution in [0.25, 0.3) is 0 Å². The Kier molecular flexibility index (Phi) is 4.38. The monoisotopic (exact) mass is 317 g/mol. The molecule has 0 radical (unpaired) electrons. The van der Waals surface area contributed by atoms with Crippen LogP contribution >= 0.6 is 11.8 Å². The normalized spacial score (nSPS) is 17.8. The minimum atomic E-state index is -0.0152. The SMILES string of the molecule is CC(C)COc1ccccc1[C@H]1SCC(=O)Nc2[nH]ncc21. The number of carbonyl (C=O) groups is 1. The number of anilines is 1. The average Bonchev–Trinajstić information content (AvgIpc) is 2.88. The van der Waals surface area contributed by atoms with Crippen LogP contribution in [0.1, 0.15) is 30.2 Å². The van der Waals surface area contributed by atoms with Gasteiger partial charge in [0.25, 0.3) is 0 Å². The van der Waals surface area contributed by atoms with Gasteiger partial charge in [0.05, 0.1) is 23.8 Å². The number of amides is 1. The standard InChI is InChI=1S/C16H19N3O2S/c1-10(2)8-21-13-6-4-3-5-11(13)15-12-7-17-19-16(12)18-14(20)9-22-15/h3-7,10,15H,8-9H2,1-2H3,(H2,17,18,19,20)/t15-/m1/s1. The molecule has 0 unspecified atom stereocenters. The van der Waals surface area contributed by atoms with Crippen molar-refractivity contribution in [2.24, 2.45) is 5.92 Å². The van der Waals surface area contributed by atoms with Gasteiger partial charge in [0.1, 0.15) is 11.6 Å². The second-order valence-corrected chi connectivity index (χ2v) is 6.78. The molecular weight excluding hydrogens is 298 g/mol. The third kappa shape index (κ3) is 3.11. The van der Waals surface area contributed by atoms with Gasteiger partial charge in [-0.15, -0.1) is 11.8 Å². The summed E-state index contributed by atoms with van der Waals surface area (Å²) in [5.41, 5.74) is 2.06. The molecule has 1 amide bonds. The zero-order chi connectivity index (χ0) is 15.5. The molecule has 1 atom stereocenters. The van der Waals surface area contributed by atoms with E-state index in [1.165, 1.54) is 0 Å². The van der Waals surface area contributed by atoms with E-state index in [1.807, 2.05) is 18.2 Å². The van der Waals surface area contributed by atoms with Crippen LogP contribution in [0.15, 0.2) is 30.5 Å². The van der Waals surface area contributed by atoms with E-state index in [-0.39, 0.29) is 11.2 Å². The number of aromatic nitrogens is 2. The van der Waals surface area contributed by atoms with E-state index in [4.69, 9.17) is 4.74 Å². The highest BCUT2D eigenvalue weighted by Gasteiger charge is 2.27. The maximum atomic E-state index is 11.8. The van der Waals surface area contributed by atoms with Gasteiger partial charge in [0.2, 0.25) is 5.91 Å². The van der Waals surface area contributed by atoms with Crippen molar-refractivity contribution < 1.29 is 9.53 Å². The van der Waals surface area contributed by atoms with E-state index in [9.17, 15) is 4.79 Å². The number of hydrogen-bond donors (Lipinski definition) is 2. The lowest BCUT2D eigenvalue weighted by molar-refractivity contribution is -0.113. The molecule has 3 rings (SSSR count). The van der Waals surface area contributed by atoms with Crippen molar-refractivity contribution in [1.82, 2.24) is 10.2 Å². The van der Waals surface area contributed by atoms with Crippen LogP contribution in [0.2, 0.25) is 0 Å². The Hall–Kier alpha value is -1.95. The quantitative estimate of drug-likeness (QED) is 0.908. The molecular formula is C16H19N3O2S. The van der Waals surface area contributed by atoms with Crippen LogP contribution in [0.3, 0.4) is 0 Å². The average molecular weight is 317 g/mol. The molecule has 0 aliphatic carbocycles. The molecule has 0 bridgehead atoms. The lowest BCUT2D eigenvalue weighted by Crippen LogP contribution is -2.12. The number of thioether (sulfide) groups is 1. The van der Waals surface area contributed by atoms with Crippen molar-refractivity contribution in [2.45, 2.75) is 19.1 Å². The lowest BCUT2D eigenvalue weighted by atomic mass is 10.1. The van der Waals surface area contributed by atoms with Crippen LogP contribution in [0, 0.1) is 5.92 Å². The summed E-state index contributed by atoms with van der Waals surface area (Å²) in [6.07, 6.45) is 1.78. The summed E-state index contributed by atoms with van der Waals surface area (Å²) in [5, 5.41) is 9.80. The maximum Gasteiger partial charge on any atom is 0.235 e. The van der Waals surface area contributed by atoms with Crippen molar-refractivity contribution in [3.63, 3.8) is 0 Å². The van der Waals surface area contributed by atoms with E-state index >= 15 is 0 Å². The highest BCUT2D eigenvalue weighted by molar-refractivity contribution is 8.00. The van der Waals surface area contributed by atoms with Crippen LogP contribution in [-0.2, 0) is 4.79 Å². The number of aromatic amines is 1. The number of nitrogens with zero attached hydrogens (tertiary/aromatic N) is 1. The van der Waals surface area contributed by atoms with Crippen LogP contribution in [0.4, 0.5) is 5.82 Å². The second-order valence-electron chi connectivity index (χ2n) is 5.68. The number of ether oxygens (including phenoxy) is 1. The predicted octanol–water partition coefficient (Wildman–Crippen LogP) is 3.22. The number of fused-ring (bicyclic) bond motifs is 1. The predicted molar refractivity (Wildman–Crippen MR) is 88.3 cm³/mol. The van der Waals surface area contributed by atoms with Gasteiger partial charge in [0.15, 0.2) is 0 Å². The van der Waals surface area contributed by atoms with Gasteiger partial charge in [-0.25, -0.2) is 0 Å². The van der Waals surface area contributed by atoms with Crippen molar-refractivity contribution in [3.8, 4) is 5.75 Å². The number of benzene rings is 1. The van der Waals surface area contributed by atoms with Crippen molar-refractivity contribution in [1.29, 1.82) is 0 Å². The molecule has 0 spiro atoms. The fraction of sp³-hybridized carbons (Fsp3) is 0.375. The van der Waals surface area contributed by atoms with E-state index in [2.05, 4.69) is 35.4 Å². The first-order valence-corrected chi connectivity index (χ1v) is 8.36. The Morgan fingerprint density at radius 3 is 3.00 bits per heavy atom. The zero-order valence-corrected chi connectivity index (χ0v) is 13.4. The Morgan fingerprint density at radius 2 is 2.18 bits per heavy atom. The maximum absolute atomic E-state index is 11.8. The third-order valence-electron chi connectivity index (χ3n) is 3.37. The van der Waals surface area contributed by atoms with E-state index in [1.54, 1.807) is 18.0 Å². The smallest absolute Gasteiger partial charge is 0.235 e. The van der Waals surface area contributed by atoms with Crippen molar-refractivity contribution in [2.75, 3.05) is 17.7 Å². The summed E-state index contributed by atoms with van der Waals surface area (Å²) < 4.78 is 5.96. The van der Waals surface area contributed by atoms with Crippen molar-refractivity contribution in [3.05, 3.63) is 41.6 Å². The van der Waals surface area contributed by atoms with Crippen LogP contribution in [0.5, 0.6) is 5.75 Å². The first-order chi connectivity index (χ1) is 10.6. The number of H-pyrrole nitrogens is 1. The van der Waals surface area contributed by atoms with Gasteiger partial charge in [-0.05, 0) is 12.0 Å². The first-order valence-electron chi connectivity index (χ1n) is 7.31. The minimum absolute atomic E-state index is 0.0152. The highest BCUT2D eigenvalue weighted by atomic mass is 32.2. The summed E-state index contributed by atoms with van der Waals surface area (Å²) >= 11 is 1.59. The van der Waals surface area contributed by atoms with Gasteiger partial charge in [-0.2, -0.15) is 5.10 Å². The molecule has 2 aromatic rings. The number of para-hydroxylation sites is 1. The lowest BCUT2D eigenvalue weighted by Gasteiger charge is -2.19. The molecule has 22 heavy (non-hydrogen) atoms. The highest BCUT2D eigenvalue weighted by Crippen LogP contribution is 2.43. The summed E-state index contributed by atoms with van der Waals surface area (Å²) in [4.78, 5) is 11.8. The van der Waals surface area contributed by atoms with Gasteiger partial charge in [-0.1, -0.05) is 32.0 Å². The summed E-state index contributed by atoms with van der Waals surface area (Å²) in [5.74, 6) is 2.40. The Morgan fingerprint density at radius 1 is 1.36 bits per heavy atom. The van der Waals surface area contributed by atoms with Gasteiger partial charge in [0, 0.05) is 11.1 Å². The van der Waals surface area contributed by atoms with Crippen LogP contribution in [-0.4, -0.2) is 28.5 Å². The molecule has 0 saturated heterocycles. The Balaban J connectivity index is 1.96. The Labute approximate surface area is 133 Å². The number of rotatable bonds is 4. The summed E-state index contributed by atoms with van der Waals surface area (Å²) in [7, 11) is 0. The fourth-order valence-corrected chi connectivity index (χ4v) is 3.48. The van der Waals surface area contributed by atoms with Gasteiger partial charge in [-0.3, -0.25) is 9.89 Å². The van der Waals surface area contributed by atoms with Crippen LogP contribution < -0.4 is 10.1 Å². The van der Waals surface area contributed by atoms with Crippen molar-refractivity contribution >= 4 is 23.5 Å². The summed E-state index contributed by atoms with van der Waals surface area (Å²) in [6.45, 7) is 4.92. The number of nitrogens with one attached hydrogen (secondary N) is 2. The molecule has 2 heterocycles. The van der Waals surface area contributed by atoms with Gasteiger partial charge >= 0.3 is 0 Å². The number of hydrogen-bond acceptors (Lipinski definition) is 4. The molecule has 1 aliphatic heterocycles. The Bertz CT molecular complexity index is 669. The topological polar surface area (TPSA) is 67.0 Å². The zero-order valence-electron chi connectivity index (χ0n) is 12.6. The molecule has 116 valence electrons. The molecule has 1 aliphatic rings. The number of carbonyl (C=O) groups excluding carboxylic acids is 1. The molecule has 1 aromatic carbocycles. The molecule has 0 fully saturated rings. The summed E-state index contributed by atoms with van der Waals surface area (Å²) in [6, 6.07) is 8.01. The molecule has 6 heteroatoms. The second kappa shape index (κ2) is 6.44. The van der Waals surface area contributed by atoms with E-state index < -0.39 is 0 Å². The largest absolute Gasteiger partial charge is 0.493 e. The molecule has 2 N–H and O–H groups in total. The van der Waals surface area contributed by atoms with Gasteiger partial charge < -0.3 is 10.1 Å². The van der Waals surface area contributed by atoms with E-state index in [0.29, 0.717) is 24.1 Å². The van der Waals surface area contributed by atoms with E-state index in [0.717, 1.165) is 16.9 Å². The third-order valence-corrected chi connectivity index (χ3v) is 4.64. The molecule has 0 saturated carbocycles. The first kappa shape index (κ1) is 15.0. The fourth-order valence-electron chi connectivity index (χ4n) is 2.36. The molecule has 1 aromatic heterocycles. The minimum Gasteiger partial charge on any atom is -0.493 e. The molecule has 5 nitrogen and oxygen atoms in total.